The highest BCUT2D eigenvalue weighted by molar-refractivity contribution is 5.92. The second kappa shape index (κ2) is 5.20. The Hall–Kier alpha value is -1.96. The zero-order chi connectivity index (χ0) is 14.9. The van der Waals surface area contributed by atoms with E-state index >= 15 is 0 Å². The molecule has 2 rings (SSSR count). The predicted molar refractivity (Wildman–Crippen MR) is 70.7 cm³/mol. The minimum atomic E-state index is -1.32. The monoisotopic (exact) mass is 280 g/mol. The van der Waals surface area contributed by atoms with Crippen LogP contribution in [0.25, 0.3) is 11.0 Å². The van der Waals surface area contributed by atoms with E-state index in [0.29, 0.717) is 16.9 Å². The van der Waals surface area contributed by atoms with E-state index in [2.05, 4.69) is 4.98 Å². The van der Waals surface area contributed by atoms with E-state index in [9.17, 15) is 20.1 Å². The molecule has 0 aliphatic rings. The van der Waals surface area contributed by atoms with E-state index in [0.717, 1.165) is 0 Å². The van der Waals surface area contributed by atoms with Gasteiger partial charge in [-0.05, 0) is 25.1 Å². The van der Waals surface area contributed by atoms with Gasteiger partial charge in [-0.15, -0.1) is 0 Å². The molecular formula is C13H16N2O5. The number of benzene rings is 1. The van der Waals surface area contributed by atoms with E-state index < -0.39 is 31.3 Å². The maximum absolute atomic E-state index is 11.0. The average molecular weight is 280 g/mol. The molecule has 0 aliphatic carbocycles. The lowest BCUT2D eigenvalue weighted by molar-refractivity contribution is 0.0166. The molecule has 0 saturated carbocycles. The molecule has 0 atom stereocenters. The van der Waals surface area contributed by atoms with Crippen molar-refractivity contribution in [1.29, 1.82) is 0 Å². The van der Waals surface area contributed by atoms with Crippen molar-refractivity contribution < 1.29 is 25.2 Å². The third kappa shape index (κ3) is 2.05. The fourth-order valence-electron chi connectivity index (χ4n) is 2.29. The third-order valence-corrected chi connectivity index (χ3v) is 3.43. The Balaban J connectivity index is 2.77. The Morgan fingerprint density at radius 3 is 2.35 bits per heavy atom. The number of aliphatic hydroxyl groups is 3. The number of aliphatic hydroxyl groups excluding tert-OH is 3. The zero-order valence-corrected chi connectivity index (χ0v) is 10.9. The maximum atomic E-state index is 11.0. The molecule has 4 N–H and O–H groups in total. The largest absolute Gasteiger partial charge is 0.478 e. The number of fused-ring (bicyclic) bond motifs is 1. The van der Waals surface area contributed by atoms with Gasteiger partial charge < -0.3 is 25.0 Å². The number of hydrogen-bond acceptors (Lipinski definition) is 5. The fraction of sp³-hybridized carbons (Fsp3) is 0.385. The van der Waals surface area contributed by atoms with Gasteiger partial charge in [0.1, 0.15) is 11.4 Å². The summed E-state index contributed by atoms with van der Waals surface area (Å²) in [7, 11) is 0. The summed E-state index contributed by atoms with van der Waals surface area (Å²) in [5, 5.41) is 37.6. The van der Waals surface area contributed by atoms with Crippen molar-refractivity contribution in [3.8, 4) is 0 Å². The first kappa shape index (κ1) is 14.4. The molecule has 0 bridgehead atoms. The summed E-state index contributed by atoms with van der Waals surface area (Å²) in [6.45, 7) is 0.174. The molecule has 1 aromatic carbocycles. The van der Waals surface area contributed by atoms with E-state index in [1.54, 1.807) is 13.0 Å². The number of rotatable bonds is 5. The van der Waals surface area contributed by atoms with Crippen LogP contribution in [-0.4, -0.2) is 55.8 Å². The maximum Gasteiger partial charge on any atom is 0.335 e. The summed E-state index contributed by atoms with van der Waals surface area (Å²) in [5.74, 6) is -0.611. The van der Waals surface area contributed by atoms with Crippen LogP contribution in [-0.2, 0) is 5.54 Å². The molecule has 0 saturated heterocycles. The molecule has 0 fully saturated rings. The summed E-state index contributed by atoms with van der Waals surface area (Å²) in [6, 6.07) is 4.40. The fourth-order valence-corrected chi connectivity index (χ4v) is 2.29. The van der Waals surface area contributed by atoms with Crippen molar-refractivity contribution in [2.24, 2.45) is 0 Å². The summed E-state index contributed by atoms with van der Waals surface area (Å²) in [5.41, 5.74) is -0.274. The molecule has 20 heavy (non-hydrogen) atoms. The molecule has 2 aromatic rings. The summed E-state index contributed by atoms with van der Waals surface area (Å²) >= 11 is 0. The van der Waals surface area contributed by atoms with Crippen LogP contribution in [0.4, 0.5) is 0 Å². The van der Waals surface area contributed by atoms with Crippen LogP contribution in [0.3, 0.4) is 0 Å². The van der Waals surface area contributed by atoms with Gasteiger partial charge in [0.25, 0.3) is 0 Å². The van der Waals surface area contributed by atoms with Crippen molar-refractivity contribution >= 4 is 17.0 Å². The Bertz CT molecular complexity index is 637. The van der Waals surface area contributed by atoms with Crippen LogP contribution < -0.4 is 0 Å². The zero-order valence-electron chi connectivity index (χ0n) is 10.9. The number of carboxylic acid groups (broad SMARTS) is 1. The van der Waals surface area contributed by atoms with Crippen molar-refractivity contribution in [1.82, 2.24) is 9.55 Å². The lowest BCUT2D eigenvalue weighted by atomic mass is 10.0. The highest BCUT2D eigenvalue weighted by atomic mass is 16.4. The number of hydrogen-bond donors (Lipinski definition) is 4. The molecule has 1 aromatic heterocycles. The van der Waals surface area contributed by atoms with Crippen LogP contribution in [0.1, 0.15) is 16.2 Å². The quantitative estimate of drug-likeness (QED) is 0.598. The van der Waals surface area contributed by atoms with E-state index in [1.165, 1.54) is 16.7 Å². The number of imidazole rings is 1. The van der Waals surface area contributed by atoms with Crippen LogP contribution in [0, 0.1) is 6.92 Å². The van der Waals surface area contributed by atoms with Gasteiger partial charge in [-0.1, -0.05) is 0 Å². The third-order valence-electron chi connectivity index (χ3n) is 3.43. The van der Waals surface area contributed by atoms with Crippen molar-refractivity contribution in [2.45, 2.75) is 12.5 Å². The van der Waals surface area contributed by atoms with Gasteiger partial charge >= 0.3 is 5.97 Å². The average Bonchev–Trinajstić information content (AvgIpc) is 2.78. The Morgan fingerprint density at radius 1 is 1.25 bits per heavy atom. The topological polar surface area (TPSA) is 116 Å². The normalized spacial score (nSPS) is 12.0. The highest BCUT2D eigenvalue weighted by Crippen LogP contribution is 2.26. The van der Waals surface area contributed by atoms with Gasteiger partial charge in [0, 0.05) is 0 Å². The van der Waals surface area contributed by atoms with Crippen LogP contribution in [0.2, 0.25) is 0 Å². The number of carboxylic acids is 1. The molecule has 0 aliphatic heterocycles. The predicted octanol–water partition coefficient (Wildman–Crippen LogP) is -0.285. The summed E-state index contributed by atoms with van der Waals surface area (Å²) in [6.07, 6.45) is 0. The van der Waals surface area contributed by atoms with Crippen molar-refractivity contribution in [3.63, 3.8) is 0 Å². The second-order valence-electron chi connectivity index (χ2n) is 4.70. The SMILES string of the molecule is Cc1nc2ccc(C(=O)O)cc2n1C(CO)(CO)CO. The van der Waals surface area contributed by atoms with Crippen molar-refractivity contribution in [2.75, 3.05) is 19.8 Å². The van der Waals surface area contributed by atoms with Crippen LogP contribution in [0.5, 0.6) is 0 Å². The first-order valence-electron chi connectivity index (χ1n) is 6.04. The second-order valence-corrected chi connectivity index (χ2v) is 4.70. The molecule has 7 nitrogen and oxygen atoms in total. The smallest absolute Gasteiger partial charge is 0.335 e. The van der Waals surface area contributed by atoms with Gasteiger partial charge in [-0.2, -0.15) is 0 Å². The van der Waals surface area contributed by atoms with Crippen molar-refractivity contribution in [3.05, 3.63) is 29.6 Å². The molecule has 0 radical (unpaired) electrons. The Kier molecular flexibility index (Phi) is 3.76. The number of carbonyl (C=O) groups is 1. The molecule has 7 heteroatoms. The summed E-state index contributed by atoms with van der Waals surface area (Å²) in [4.78, 5) is 15.3. The highest BCUT2D eigenvalue weighted by Gasteiger charge is 2.33. The minimum Gasteiger partial charge on any atom is -0.478 e. The Morgan fingerprint density at radius 2 is 1.85 bits per heavy atom. The van der Waals surface area contributed by atoms with Crippen LogP contribution in [0.15, 0.2) is 18.2 Å². The standard InChI is InChI=1S/C13H16N2O5/c1-8-14-10-3-2-9(12(19)20)4-11(10)15(8)13(5-16,6-17)7-18/h2-4,16-18H,5-7H2,1H3,(H,19,20). The Labute approximate surface area is 114 Å². The number of aryl methyl sites for hydroxylation is 1. The first-order valence-corrected chi connectivity index (χ1v) is 6.04. The van der Waals surface area contributed by atoms with Gasteiger partial charge in [0.05, 0.1) is 36.4 Å². The van der Waals surface area contributed by atoms with Gasteiger partial charge in [0.2, 0.25) is 0 Å². The summed E-state index contributed by atoms with van der Waals surface area (Å²) < 4.78 is 1.48. The van der Waals surface area contributed by atoms with Crippen LogP contribution >= 0.6 is 0 Å². The molecular weight excluding hydrogens is 264 g/mol. The molecule has 0 spiro atoms. The number of aromatic carboxylic acids is 1. The van der Waals surface area contributed by atoms with E-state index in [1.807, 2.05) is 0 Å². The van der Waals surface area contributed by atoms with Gasteiger partial charge in [-0.3, -0.25) is 0 Å². The van der Waals surface area contributed by atoms with E-state index in [-0.39, 0.29) is 5.56 Å². The van der Waals surface area contributed by atoms with Gasteiger partial charge in [-0.25, -0.2) is 9.78 Å². The molecule has 0 amide bonds. The minimum absolute atomic E-state index is 0.0707. The number of nitrogens with zero attached hydrogens (tertiary/aromatic N) is 2. The molecule has 0 unspecified atom stereocenters. The lowest BCUT2D eigenvalue weighted by Crippen LogP contribution is -2.45. The van der Waals surface area contributed by atoms with Gasteiger partial charge in [0.15, 0.2) is 0 Å². The van der Waals surface area contributed by atoms with E-state index in [4.69, 9.17) is 5.11 Å². The molecule has 1 heterocycles. The number of aromatic nitrogens is 2. The first-order chi connectivity index (χ1) is 9.49. The molecule has 108 valence electrons. The lowest BCUT2D eigenvalue weighted by Gasteiger charge is -2.31.